The maximum absolute atomic E-state index is 13.3. The third-order valence-corrected chi connectivity index (χ3v) is 6.20. The van der Waals surface area contributed by atoms with Crippen molar-refractivity contribution in [2.24, 2.45) is 7.05 Å². The lowest BCUT2D eigenvalue weighted by atomic mass is 9.73. The molecule has 2 amide bonds. The number of carbonyl (C=O) groups is 2. The van der Waals surface area contributed by atoms with E-state index in [2.05, 4.69) is 25.9 Å². The Kier molecular flexibility index (Phi) is 4.16. The monoisotopic (exact) mass is 406 g/mol. The van der Waals surface area contributed by atoms with Crippen molar-refractivity contribution in [2.75, 3.05) is 11.9 Å². The van der Waals surface area contributed by atoms with Crippen LogP contribution in [0.25, 0.3) is 0 Å². The number of likely N-dealkylation sites (tertiary alicyclic amines) is 1. The highest BCUT2D eigenvalue weighted by Crippen LogP contribution is 2.54. The van der Waals surface area contributed by atoms with Crippen LogP contribution in [0.4, 0.5) is 5.69 Å². The Bertz CT molecular complexity index is 1140. The zero-order valence-corrected chi connectivity index (χ0v) is 16.8. The van der Waals surface area contributed by atoms with Crippen molar-refractivity contribution in [1.82, 2.24) is 34.9 Å². The lowest BCUT2D eigenvalue weighted by molar-refractivity contribution is -0.133. The molecule has 1 spiro atoms. The molecule has 0 unspecified atom stereocenters. The number of aryl methyl sites for hydroxylation is 3. The highest BCUT2D eigenvalue weighted by Gasteiger charge is 2.59. The average Bonchev–Trinajstić information content (AvgIpc) is 3.49. The molecule has 0 bridgehead atoms. The predicted octanol–water partition coefficient (Wildman–Crippen LogP) is 0.969. The highest BCUT2D eigenvalue weighted by molar-refractivity contribution is 6.07. The van der Waals surface area contributed by atoms with Gasteiger partial charge in [-0.1, -0.05) is 18.2 Å². The van der Waals surface area contributed by atoms with Crippen molar-refractivity contribution in [1.29, 1.82) is 0 Å². The standard InChI is InChI=1S/C20H22N8O2/c1-13-23-24-25-28(13)9-7-17(29)27-10-8-20(18(27)14-11-21-26(2)12-14)15-5-3-4-6-16(15)22-19(20)30/h3-6,11-12,18H,7-10H2,1-2H3,(H,22,30)/t18-,20+/m0/s1. The SMILES string of the molecule is Cc1nnnn1CCC(=O)N1CC[C@]2(C(=O)Nc3ccccc32)[C@@H]1c1cnn(C)c1. The fraction of sp³-hybridized carbons (Fsp3) is 0.400. The van der Waals surface area contributed by atoms with Crippen molar-refractivity contribution < 1.29 is 9.59 Å². The number of aromatic nitrogens is 6. The first-order valence-corrected chi connectivity index (χ1v) is 9.92. The number of tetrazole rings is 1. The number of anilines is 1. The van der Waals surface area contributed by atoms with Gasteiger partial charge in [0, 0.05) is 37.5 Å². The maximum Gasteiger partial charge on any atom is 0.237 e. The summed E-state index contributed by atoms with van der Waals surface area (Å²) >= 11 is 0. The second kappa shape index (κ2) is 6.75. The number of para-hydroxylation sites is 1. The number of benzene rings is 1. The fourth-order valence-electron chi connectivity index (χ4n) is 4.80. The van der Waals surface area contributed by atoms with Gasteiger partial charge in [-0.3, -0.25) is 14.3 Å². The molecule has 1 fully saturated rings. The van der Waals surface area contributed by atoms with Crippen molar-refractivity contribution in [2.45, 2.75) is 37.8 Å². The molecule has 1 saturated heterocycles. The number of nitrogens with one attached hydrogen (secondary N) is 1. The van der Waals surface area contributed by atoms with Gasteiger partial charge in [-0.2, -0.15) is 5.10 Å². The van der Waals surface area contributed by atoms with E-state index in [-0.39, 0.29) is 18.2 Å². The first kappa shape index (κ1) is 18.5. The van der Waals surface area contributed by atoms with Crippen LogP contribution in [-0.4, -0.2) is 53.2 Å². The summed E-state index contributed by atoms with van der Waals surface area (Å²) in [6, 6.07) is 7.31. The summed E-state index contributed by atoms with van der Waals surface area (Å²) in [4.78, 5) is 28.4. The fourth-order valence-corrected chi connectivity index (χ4v) is 4.80. The van der Waals surface area contributed by atoms with E-state index in [9.17, 15) is 9.59 Å². The van der Waals surface area contributed by atoms with Gasteiger partial charge >= 0.3 is 0 Å². The van der Waals surface area contributed by atoms with Crippen LogP contribution < -0.4 is 5.32 Å². The van der Waals surface area contributed by atoms with Crippen LogP contribution in [0.2, 0.25) is 0 Å². The Hall–Kier alpha value is -3.56. The smallest absolute Gasteiger partial charge is 0.237 e. The zero-order valence-electron chi connectivity index (χ0n) is 16.8. The van der Waals surface area contributed by atoms with E-state index in [4.69, 9.17) is 0 Å². The molecule has 5 rings (SSSR count). The third kappa shape index (κ3) is 2.63. The van der Waals surface area contributed by atoms with E-state index in [1.54, 1.807) is 22.5 Å². The molecule has 1 aromatic carbocycles. The summed E-state index contributed by atoms with van der Waals surface area (Å²) in [5.74, 6) is 0.561. The summed E-state index contributed by atoms with van der Waals surface area (Å²) in [5, 5.41) is 18.7. The number of hydrogen-bond donors (Lipinski definition) is 1. The van der Waals surface area contributed by atoms with Gasteiger partial charge in [-0.15, -0.1) is 5.10 Å². The van der Waals surface area contributed by atoms with Crippen LogP contribution >= 0.6 is 0 Å². The van der Waals surface area contributed by atoms with Gasteiger partial charge in [-0.05, 0) is 35.4 Å². The Morgan fingerprint density at radius 3 is 2.90 bits per heavy atom. The van der Waals surface area contributed by atoms with Crippen molar-refractivity contribution in [3.05, 3.63) is 53.6 Å². The number of hydrogen-bond acceptors (Lipinski definition) is 6. The van der Waals surface area contributed by atoms with Crippen molar-refractivity contribution in [3.8, 4) is 0 Å². The van der Waals surface area contributed by atoms with Crippen LogP contribution in [0.15, 0.2) is 36.7 Å². The molecule has 30 heavy (non-hydrogen) atoms. The summed E-state index contributed by atoms with van der Waals surface area (Å²) < 4.78 is 3.31. The molecule has 0 saturated carbocycles. The molecule has 3 aromatic rings. The number of amides is 2. The quantitative estimate of drug-likeness (QED) is 0.691. The minimum absolute atomic E-state index is 0.0344. The number of rotatable bonds is 4. The Morgan fingerprint density at radius 1 is 1.33 bits per heavy atom. The summed E-state index contributed by atoms with van der Waals surface area (Å²) in [6.45, 7) is 2.69. The minimum atomic E-state index is -0.819. The lowest BCUT2D eigenvalue weighted by Gasteiger charge is -2.33. The van der Waals surface area contributed by atoms with E-state index in [0.717, 1.165) is 16.8 Å². The van der Waals surface area contributed by atoms with Crippen LogP contribution in [-0.2, 0) is 28.6 Å². The van der Waals surface area contributed by atoms with Gasteiger partial charge in [0.1, 0.15) is 11.2 Å². The topological polar surface area (TPSA) is 111 Å². The molecule has 10 heteroatoms. The molecular weight excluding hydrogens is 384 g/mol. The van der Waals surface area contributed by atoms with Crippen LogP contribution in [0.5, 0.6) is 0 Å². The van der Waals surface area contributed by atoms with Gasteiger partial charge in [0.2, 0.25) is 11.8 Å². The Balaban J connectivity index is 1.52. The molecule has 2 aliphatic rings. The van der Waals surface area contributed by atoms with Crippen LogP contribution in [0, 0.1) is 6.92 Å². The molecule has 1 N–H and O–H groups in total. The second-order valence-corrected chi connectivity index (χ2v) is 7.86. The molecule has 2 aromatic heterocycles. The van der Waals surface area contributed by atoms with Crippen molar-refractivity contribution in [3.63, 3.8) is 0 Å². The summed E-state index contributed by atoms with van der Waals surface area (Å²) in [5.41, 5.74) is 1.79. The minimum Gasteiger partial charge on any atom is -0.334 e. The highest BCUT2D eigenvalue weighted by atomic mass is 16.2. The van der Waals surface area contributed by atoms with Gasteiger partial charge in [-0.25, -0.2) is 4.68 Å². The maximum atomic E-state index is 13.3. The Morgan fingerprint density at radius 2 is 2.17 bits per heavy atom. The molecule has 2 atom stereocenters. The molecule has 154 valence electrons. The number of fused-ring (bicyclic) bond motifs is 2. The number of carbonyl (C=O) groups excluding carboxylic acids is 2. The molecule has 0 radical (unpaired) electrons. The van der Waals surface area contributed by atoms with Crippen molar-refractivity contribution >= 4 is 17.5 Å². The lowest BCUT2D eigenvalue weighted by Crippen LogP contribution is -2.42. The van der Waals surface area contributed by atoms with E-state index < -0.39 is 11.5 Å². The summed E-state index contributed by atoms with van der Waals surface area (Å²) in [7, 11) is 1.83. The van der Waals surface area contributed by atoms with E-state index >= 15 is 0 Å². The molecule has 10 nitrogen and oxygen atoms in total. The van der Waals surface area contributed by atoms with E-state index in [1.807, 2.05) is 42.4 Å². The van der Waals surface area contributed by atoms with E-state index in [1.165, 1.54) is 0 Å². The van der Waals surface area contributed by atoms with Gasteiger partial charge in [0.05, 0.1) is 18.8 Å². The van der Waals surface area contributed by atoms with Gasteiger partial charge in [0.25, 0.3) is 0 Å². The average molecular weight is 406 g/mol. The largest absolute Gasteiger partial charge is 0.334 e. The number of nitrogens with zero attached hydrogens (tertiary/aromatic N) is 7. The van der Waals surface area contributed by atoms with Gasteiger partial charge in [0.15, 0.2) is 0 Å². The Labute approximate surface area is 172 Å². The van der Waals surface area contributed by atoms with Gasteiger partial charge < -0.3 is 10.2 Å². The van der Waals surface area contributed by atoms with Crippen LogP contribution in [0.3, 0.4) is 0 Å². The van der Waals surface area contributed by atoms with Crippen LogP contribution in [0.1, 0.15) is 35.8 Å². The molecular formula is C20H22N8O2. The first-order chi connectivity index (χ1) is 14.5. The zero-order chi connectivity index (χ0) is 20.9. The molecule has 0 aliphatic carbocycles. The summed E-state index contributed by atoms with van der Waals surface area (Å²) in [6.07, 6.45) is 4.45. The van der Waals surface area contributed by atoms with E-state index in [0.29, 0.717) is 25.3 Å². The normalized spacial score (nSPS) is 22.5. The third-order valence-electron chi connectivity index (χ3n) is 6.20. The molecule has 4 heterocycles. The molecule has 2 aliphatic heterocycles. The predicted molar refractivity (Wildman–Crippen MR) is 106 cm³/mol. The second-order valence-electron chi connectivity index (χ2n) is 7.86. The first-order valence-electron chi connectivity index (χ1n) is 9.92.